The van der Waals surface area contributed by atoms with Crippen LogP contribution in [0.2, 0.25) is 0 Å². The highest BCUT2D eigenvalue weighted by Crippen LogP contribution is 2.32. The van der Waals surface area contributed by atoms with Crippen molar-refractivity contribution in [3.8, 4) is 17.1 Å². The molecule has 0 bridgehead atoms. The van der Waals surface area contributed by atoms with Crippen LogP contribution in [0.1, 0.15) is 18.4 Å². The lowest BCUT2D eigenvalue weighted by molar-refractivity contribution is 0.108. The number of hydrogen-bond acceptors (Lipinski definition) is 9. The van der Waals surface area contributed by atoms with Gasteiger partial charge in [-0.1, -0.05) is 12.1 Å². The van der Waals surface area contributed by atoms with Crippen molar-refractivity contribution in [1.29, 1.82) is 0 Å². The molecule has 9 heteroatoms. The van der Waals surface area contributed by atoms with Gasteiger partial charge in [0.15, 0.2) is 5.82 Å². The molecule has 2 saturated heterocycles. The predicted molar refractivity (Wildman–Crippen MR) is 128 cm³/mol. The highest BCUT2D eigenvalue weighted by atomic mass is 16.5. The maximum atomic E-state index is 9.95. The van der Waals surface area contributed by atoms with Gasteiger partial charge in [-0.2, -0.15) is 0 Å². The van der Waals surface area contributed by atoms with Crippen molar-refractivity contribution in [1.82, 2.24) is 15.3 Å². The van der Waals surface area contributed by atoms with Crippen molar-refractivity contribution in [2.24, 2.45) is 0 Å². The van der Waals surface area contributed by atoms with Gasteiger partial charge in [-0.3, -0.25) is 0 Å². The van der Waals surface area contributed by atoms with Gasteiger partial charge in [-0.15, -0.1) is 0 Å². The molecule has 4 rings (SSSR count). The number of rotatable bonds is 10. The third kappa shape index (κ3) is 5.92. The molecule has 9 nitrogen and oxygen atoms in total. The van der Waals surface area contributed by atoms with Gasteiger partial charge in [0.1, 0.15) is 30.1 Å². The molecule has 3 unspecified atom stereocenters. The van der Waals surface area contributed by atoms with E-state index in [2.05, 4.69) is 22.5 Å². The minimum atomic E-state index is -0.575. The van der Waals surface area contributed by atoms with Gasteiger partial charge in [-0.05, 0) is 38.9 Å². The second kappa shape index (κ2) is 11.1. The normalized spacial score (nSPS) is 21.4. The van der Waals surface area contributed by atoms with Crippen LogP contribution in [-0.4, -0.2) is 86.9 Å². The van der Waals surface area contributed by atoms with E-state index in [4.69, 9.17) is 24.2 Å². The van der Waals surface area contributed by atoms with E-state index in [0.29, 0.717) is 24.7 Å². The first-order valence-electron chi connectivity index (χ1n) is 11.6. The average Bonchev–Trinajstić information content (AvgIpc) is 3.51. The number of hydrogen-bond donors (Lipinski definition) is 3. The summed E-state index contributed by atoms with van der Waals surface area (Å²) in [4.78, 5) is 12.1. The van der Waals surface area contributed by atoms with Gasteiger partial charge in [-0.25, -0.2) is 9.97 Å². The number of likely N-dealkylation sites (N-methyl/N-ethyl adjacent to an activating group) is 1. The topological polar surface area (TPSA) is 101 Å². The molecule has 3 atom stereocenters. The third-order valence-electron chi connectivity index (χ3n) is 6.14. The van der Waals surface area contributed by atoms with Crippen LogP contribution in [0.25, 0.3) is 11.4 Å². The molecule has 2 aliphatic rings. The number of aliphatic hydroxyl groups is 1. The minimum absolute atomic E-state index is 0.211. The van der Waals surface area contributed by atoms with Crippen LogP contribution in [0.15, 0.2) is 24.3 Å². The Morgan fingerprint density at radius 1 is 1.30 bits per heavy atom. The van der Waals surface area contributed by atoms with Crippen molar-refractivity contribution in [2.45, 2.75) is 38.0 Å². The van der Waals surface area contributed by atoms with Crippen molar-refractivity contribution in [3.05, 3.63) is 29.8 Å². The fourth-order valence-electron chi connectivity index (χ4n) is 4.25. The van der Waals surface area contributed by atoms with Crippen LogP contribution in [-0.2, 0) is 9.47 Å². The second-order valence-corrected chi connectivity index (χ2v) is 8.69. The van der Waals surface area contributed by atoms with Crippen molar-refractivity contribution < 1.29 is 19.3 Å². The molecule has 1 aromatic heterocycles. The number of anilines is 2. The molecule has 33 heavy (non-hydrogen) atoms. The number of nitrogens with zero attached hydrogens (tertiary/aromatic N) is 3. The molecule has 0 spiro atoms. The lowest BCUT2D eigenvalue weighted by Crippen LogP contribution is -2.29. The van der Waals surface area contributed by atoms with E-state index in [-0.39, 0.29) is 18.8 Å². The van der Waals surface area contributed by atoms with Crippen molar-refractivity contribution in [3.63, 3.8) is 0 Å². The fraction of sp³-hybridized carbons (Fsp3) is 0.583. The highest BCUT2D eigenvalue weighted by molar-refractivity contribution is 5.67. The van der Waals surface area contributed by atoms with Crippen LogP contribution in [0.4, 0.5) is 11.6 Å². The van der Waals surface area contributed by atoms with E-state index in [1.807, 2.05) is 24.3 Å². The first kappa shape index (κ1) is 23.7. The van der Waals surface area contributed by atoms with Crippen LogP contribution >= 0.6 is 0 Å². The Hall–Kier alpha value is -2.46. The number of methoxy groups -OCH3 is 1. The second-order valence-electron chi connectivity index (χ2n) is 8.69. The molecule has 0 amide bonds. The number of nitrogens with one attached hydrogen (secondary N) is 2. The molecule has 0 saturated carbocycles. The predicted octanol–water partition coefficient (Wildman–Crippen LogP) is 1.84. The molecule has 3 N–H and O–H groups in total. The van der Waals surface area contributed by atoms with E-state index in [0.717, 1.165) is 55.3 Å². The van der Waals surface area contributed by atoms with Crippen molar-refractivity contribution >= 4 is 11.6 Å². The largest absolute Gasteiger partial charge is 0.491 e. The van der Waals surface area contributed by atoms with E-state index in [9.17, 15) is 5.11 Å². The molecule has 3 heterocycles. The Labute approximate surface area is 195 Å². The summed E-state index contributed by atoms with van der Waals surface area (Å²) in [6.45, 7) is 5.91. The van der Waals surface area contributed by atoms with Crippen LogP contribution in [0.5, 0.6) is 5.75 Å². The molecule has 0 radical (unpaired) electrons. The van der Waals surface area contributed by atoms with Gasteiger partial charge in [0, 0.05) is 44.5 Å². The molecule has 2 aliphatic heterocycles. The molecular weight excluding hydrogens is 422 g/mol. The monoisotopic (exact) mass is 457 g/mol. The zero-order valence-corrected chi connectivity index (χ0v) is 19.7. The molecular formula is C24H35N5O4. The first-order chi connectivity index (χ1) is 16.1. The Morgan fingerprint density at radius 3 is 2.91 bits per heavy atom. The molecule has 2 aromatic rings. The SMILES string of the molecule is CNCC(O)COc1cccc(-c2nc(NC3CCOC3)c(C)c(N3CCC(OC)C3)n2)c1. The standard InChI is InChI=1S/C24H35N5O4/c1-16-22(26-18-8-10-32-14-18)27-23(28-24(16)29-9-7-21(13-29)31-3)17-5-4-6-20(11-17)33-15-19(30)12-25-2/h4-6,11,18-19,21,25,30H,7-10,12-15H2,1-3H3,(H,26,27,28). The number of aliphatic hydroxyl groups excluding tert-OH is 1. The van der Waals surface area contributed by atoms with Crippen LogP contribution in [0.3, 0.4) is 0 Å². The number of benzene rings is 1. The quantitative estimate of drug-likeness (QED) is 0.493. The fourth-order valence-corrected chi connectivity index (χ4v) is 4.25. The third-order valence-corrected chi connectivity index (χ3v) is 6.14. The molecule has 0 aliphatic carbocycles. The molecule has 180 valence electrons. The van der Waals surface area contributed by atoms with E-state index >= 15 is 0 Å². The summed E-state index contributed by atoms with van der Waals surface area (Å²) in [7, 11) is 3.56. The van der Waals surface area contributed by atoms with Gasteiger partial charge in [0.2, 0.25) is 0 Å². The minimum Gasteiger partial charge on any atom is -0.491 e. The number of aromatic nitrogens is 2. The Kier molecular flexibility index (Phi) is 7.97. The highest BCUT2D eigenvalue weighted by Gasteiger charge is 2.27. The summed E-state index contributed by atoms with van der Waals surface area (Å²) < 4.78 is 16.9. The van der Waals surface area contributed by atoms with Crippen molar-refractivity contribution in [2.75, 3.05) is 63.8 Å². The maximum Gasteiger partial charge on any atom is 0.164 e. The maximum absolute atomic E-state index is 9.95. The zero-order valence-electron chi connectivity index (χ0n) is 19.7. The van der Waals surface area contributed by atoms with Gasteiger partial charge < -0.3 is 34.9 Å². The summed E-state index contributed by atoms with van der Waals surface area (Å²) in [6, 6.07) is 7.95. The summed E-state index contributed by atoms with van der Waals surface area (Å²) >= 11 is 0. The smallest absolute Gasteiger partial charge is 0.164 e. The molecule has 2 fully saturated rings. The Morgan fingerprint density at radius 2 is 2.18 bits per heavy atom. The first-order valence-corrected chi connectivity index (χ1v) is 11.6. The van der Waals surface area contributed by atoms with Gasteiger partial charge >= 0.3 is 0 Å². The lowest BCUT2D eigenvalue weighted by atomic mass is 10.1. The van der Waals surface area contributed by atoms with Gasteiger partial charge in [0.05, 0.1) is 18.8 Å². The molecule has 1 aromatic carbocycles. The van der Waals surface area contributed by atoms with E-state index < -0.39 is 6.10 Å². The zero-order chi connectivity index (χ0) is 23.2. The van der Waals surface area contributed by atoms with Crippen LogP contribution in [0, 0.1) is 6.92 Å². The summed E-state index contributed by atoms with van der Waals surface area (Å²) in [5.74, 6) is 3.07. The summed E-state index contributed by atoms with van der Waals surface area (Å²) in [6.07, 6.45) is 1.58. The average molecular weight is 458 g/mol. The number of ether oxygens (including phenoxy) is 3. The van der Waals surface area contributed by atoms with Gasteiger partial charge in [0.25, 0.3) is 0 Å². The summed E-state index contributed by atoms with van der Waals surface area (Å²) in [5, 5.41) is 16.5. The lowest BCUT2D eigenvalue weighted by Gasteiger charge is -2.23. The van der Waals surface area contributed by atoms with E-state index in [1.165, 1.54) is 0 Å². The summed E-state index contributed by atoms with van der Waals surface area (Å²) in [5.41, 5.74) is 1.90. The van der Waals surface area contributed by atoms with Crippen LogP contribution < -0.4 is 20.3 Å². The van der Waals surface area contributed by atoms with E-state index in [1.54, 1.807) is 14.2 Å². The Bertz CT molecular complexity index is 922. The Balaban J connectivity index is 1.62.